The maximum atomic E-state index is 6.06. The first-order valence-corrected chi connectivity index (χ1v) is 15.4. The number of imidazole rings is 1. The van der Waals surface area contributed by atoms with E-state index in [1.165, 1.54) is 45.2 Å². The van der Waals surface area contributed by atoms with Crippen molar-refractivity contribution >= 4 is 55.2 Å². The van der Waals surface area contributed by atoms with Crippen LogP contribution in [0.3, 0.4) is 0 Å². The molecule has 0 unspecified atom stereocenters. The van der Waals surface area contributed by atoms with Crippen molar-refractivity contribution in [3.8, 4) is 17.3 Å². The number of pyridine rings is 1. The van der Waals surface area contributed by atoms with E-state index in [1.807, 2.05) is 25.3 Å². The number of nitrogens with one attached hydrogen (secondary N) is 2. The van der Waals surface area contributed by atoms with Gasteiger partial charge in [0.2, 0.25) is 0 Å². The van der Waals surface area contributed by atoms with Gasteiger partial charge < -0.3 is 14.6 Å². The van der Waals surface area contributed by atoms with Gasteiger partial charge in [0.1, 0.15) is 23.6 Å². The Labute approximate surface area is 248 Å². The number of anilines is 1. The Morgan fingerprint density at radius 3 is 2.73 bits per heavy atom. The van der Waals surface area contributed by atoms with Gasteiger partial charge in [-0.15, -0.1) is 0 Å². The van der Waals surface area contributed by atoms with Gasteiger partial charge in [-0.05, 0) is 111 Å². The number of aromatic nitrogens is 5. The van der Waals surface area contributed by atoms with E-state index in [-0.39, 0.29) is 0 Å². The van der Waals surface area contributed by atoms with Crippen LogP contribution in [0, 0.1) is 0 Å². The van der Waals surface area contributed by atoms with Crippen LogP contribution in [0.25, 0.3) is 38.3 Å². The Bertz CT molecular complexity index is 1610. The van der Waals surface area contributed by atoms with Crippen molar-refractivity contribution in [2.24, 2.45) is 0 Å². The number of hydrogen-bond acceptors (Lipinski definition) is 6. The molecule has 5 heterocycles. The lowest BCUT2D eigenvalue weighted by molar-refractivity contribution is 0.238. The fourth-order valence-electron chi connectivity index (χ4n) is 5.62. The number of likely N-dealkylation sites (tertiary alicyclic amines) is 1. The zero-order valence-corrected chi connectivity index (χ0v) is 25.2. The smallest absolute Gasteiger partial charge is 0.159 e. The molecular weight excluding hydrogens is 613 g/mol. The molecule has 9 heteroatoms. The van der Waals surface area contributed by atoms with Gasteiger partial charge >= 0.3 is 0 Å². The van der Waals surface area contributed by atoms with Crippen LogP contribution >= 0.6 is 22.6 Å². The molecule has 208 valence electrons. The van der Waals surface area contributed by atoms with Gasteiger partial charge in [0, 0.05) is 34.6 Å². The van der Waals surface area contributed by atoms with Crippen LogP contribution in [0.5, 0.6) is 5.75 Å². The lowest BCUT2D eigenvalue weighted by Gasteiger charge is -2.27. The number of nitrogens with zero attached hydrogens (tertiary/aromatic N) is 5. The highest BCUT2D eigenvalue weighted by Gasteiger charge is 2.19. The van der Waals surface area contributed by atoms with Crippen molar-refractivity contribution < 1.29 is 4.74 Å². The van der Waals surface area contributed by atoms with Gasteiger partial charge in [-0.1, -0.05) is 18.2 Å². The molecule has 2 saturated heterocycles. The largest absolute Gasteiger partial charge is 0.492 e. The van der Waals surface area contributed by atoms with E-state index >= 15 is 0 Å². The topological polar surface area (TPSA) is 86.0 Å². The van der Waals surface area contributed by atoms with Crippen LogP contribution in [0.4, 0.5) is 5.82 Å². The number of ether oxygens (including phenoxy) is 1. The summed E-state index contributed by atoms with van der Waals surface area (Å²) >= 11 is 2.39. The zero-order chi connectivity index (χ0) is 27.3. The Morgan fingerprint density at radius 1 is 1.07 bits per heavy atom. The van der Waals surface area contributed by atoms with Crippen molar-refractivity contribution in [1.82, 2.24) is 30.0 Å². The standard InChI is InChI=1S/C31H36IN7O/c1-2-24-26(12-11-25(32)22-9-8-10-23(21-22)40-20-19-38-15-6-7-16-38)36-37-28(24)30-34-27-13-14-33-31(29(27)35-30)39-17-4-3-5-18-39/h2,8-14,21,36H,3-7,15-20H2,1H3,(H,34,35)/b24-2-,25-11-,26-12+. The van der Waals surface area contributed by atoms with Crippen molar-refractivity contribution in [3.63, 3.8) is 0 Å². The SMILES string of the molecule is C\C=c1/c(-c2nc3c(N4CCCCC4)nccc3[nH]2)n[nH]/c1=C/C=C(\I)c1cccc(OCCN2CCCC2)c1. The van der Waals surface area contributed by atoms with Crippen LogP contribution in [-0.2, 0) is 0 Å². The molecule has 2 N–H and O–H groups in total. The Morgan fingerprint density at radius 2 is 1.90 bits per heavy atom. The second-order valence-electron chi connectivity index (χ2n) is 10.5. The quantitative estimate of drug-likeness (QED) is 0.265. The second kappa shape index (κ2) is 12.6. The molecular formula is C31H36IN7O. The molecule has 1 aromatic carbocycles. The molecule has 0 amide bonds. The molecule has 0 bridgehead atoms. The summed E-state index contributed by atoms with van der Waals surface area (Å²) in [5.74, 6) is 2.63. The number of allylic oxidation sites excluding steroid dienone is 1. The Hall–Kier alpha value is -3.18. The van der Waals surface area contributed by atoms with Crippen LogP contribution in [0.1, 0.15) is 44.6 Å². The summed E-state index contributed by atoms with van der Waals surface area (Å²) in [7, 11) is 0. The average molecular weight is 650 g/mol. The normalized spacial score (nSPS) is 17.9. The number of H-pyrrole nitrogens is 2. The van der Waals surface area contributed by atoms with E-state index in [9.17, 15) is 0 Å². The van der Waals surface area contributed by atoms with Crippen LogP contribution in [0.2, 0.25) is 0 Å². The van der Waals surface area contributed by atoms with Gasteiger partial charge in [0.25, 0.3) is 0 Å². The van der Waals surface area contributed by atoms with Gasteiger partial charge in [0.15, 0.2) is 11.6 Å². The van der Waals surface area contributed by atoms with Crippen LogP contribution in [0.15, 0.2) is 42.6 Å². The van der Waals surface area contributed by atoms with Gasteiger partial charge in [0.05, 0.1) is 10.9 Å². The van der Waals surface area contributed by atoms with Gasteiger partial charge in [-0.2, -0.15) is 5.10 Å². The van der Waals surface area contributed by atoms with E-state index in [2.05, 4.69) is 89.0 Å². The molecule has 0 radical (unpaired) electrons. The summed E-state index contributed by atoms with van der Waals surface area (Å²) in [5.41, 5.74) is 3.84. The molecule has 2 fully saturated rings. The fourth-order valence-corrected chi connectivity index (χ4v) is 6.14. The lowest BCUT2D eigenvalue weighted by Crippen LogP contribution is -2.30. The van der Waals surface area contributed by atoms with E-state index in [4.69, 9.17) is 9.72 Å². The highest BCUT2D eigenvalue weighted by molar-refractivity contribution is 14.1. The number of benzene rings is 1. The molecule has 0 spiro atoms. The molecule has 4 aromatic rings. The van der Waals surface area contributed by atoms with Gasteiger partial charge in [-0.25, -0.2) is 9.97 Å². The van der Waals surface area contributed by atoms with Crippen molar-refractivity contribution in [1.29, 1.82) is 0 Å². The summed E-state index contributed by atoms with van der Waals surface area (Å²) in [5, 5.41) is 9.84. The third-order valence-electron chi connectivity index (χ3n) is 7.76. The Kier molecular flexibility index (Phi) is 8.48. The highest BCUT2D eigenvalue weighted by atomic mass is 127. The maximum absolute atomic E-state index is 6.06. The first-order chi connectivity index (χ1) is 19.7. The predicted octanol–water partition coefficient (Wildman–Crippen LogP) is 4.87. The summed E-state index contributed by atoms with van der Waals surface area (Å²) in [6.07, 6.45) is 14.4. The molecule has 2 aliphatic rings. The van der Waals surface area contributed by atoms with E-state index in [0.29, 0.717) is 0 Å². The summed E-state index contributed by atoms with van der Waals surface area (Å²) in [6.45, 7) is 8.20. The monoisotopic (exact) mass is 649 g/mol. The minimum Gasteiger partial charge on any atom is -0.492 e. The van der Waals surface area contributed by atoms with E-state index in [1.54, 1.807) is 0 Å². The average Bonchev–Trinajstić information content (AvgIpc) is 3.76. The minimum atomic E-state index is 0.722. The summed E-state index contributed by atoms with van der Waals surface area (Å²) in [4.78, 5) is 18.0. The first-order valence-electron chi connectivity index (χ1n) is 14.3. The van der Waals surface area contributed by atoms with Crippen LogP contribution < -0.4 is 20.2 Å². The van der Waals surface area contributed by atoms with Gasteiger partial charge in [-0.3, -0.25) is 10.00 Å². The number of halogens is 1. The highest BCUT2D eigenvalue weighted by Crippen LogP contribution is 2.27. The molecule has 6 rings (SSSR count). The predicted molar refractivity (Wildman–Crippen MR) is 171 cm³/mol. The zero-order valence-electron chi connectivity index (χ0n) is 23.0. The number of aromatic amines is 2. The number of piperidine rings is 1. The third kappa shape index (κ3) is 5.95. The summed E-state index contributed by atoms with van der Waals surface area (Å²) < 4.78 is 7.19. The van der Waals surface area contributed by atoms with E-state index in [0.717, 1.165) is 80.1 Å². The molecule has 3 aromatic heterocycles. The van der Waals surface area contributed by atoms with Crippen LogP contribution in [-0.4, -0.2) is 69.4 Å². The second-order valence-corrected chi connectivity index (χ2v) is 11.6. The minimum absolute atomic E-state index is 0.722. The van der Waals surface area contributed by atoms with E-state index < -0.39 is 0 Å². The summed E-state index contributed by atoms with van der Waals surface area (Å²) in [6, 6.07) is 10.3. The first kappa shape index (κ1) is 27.0. The third-order valence-corrected chi connectivity index (χ3v) is 8.75. The number of rotatable bonds is 8. The number of hydrogen-bond donors (Lipinski definition) is 2. The maximum Gasteiger partial charge on any atom is 0.159 e. The molecule has 8 nitrogen and oxygen atoms in total. The molecule has 40 heavy (non-hydrogen) atoms. The molecule has 0 saturated carbocycles. The molecule has 0 atom stereocenters. The van der Waals surface area contributed by atoms with Crippen molar-refractivity contribution in [2.75, 3.05) is 44.2 Å². The van der Waals surface area contributed by atoms with Crippen molar-refractivity contribution in [3.05, 3.63) is 58.7 Å². The Balaban J connectivity index is 1.23. The van der Waals surface area contributed by atoms with Crippen molar-refractivity contribution in [2.45, 2.75) is 39.0 Å². The molecule has 2 aliphatic heterocycles. The lowest BCUT2D eigenvalue weighted by atomic mass is 10.1. The number of fused-ring (bicyclic) bond motifs is 1. The fraction of sp³-hybridized carbons (Fsp3) is 0.387. The molecule has 0 aliphatic carbocycles.